The number of rotatable bonds is 4. The molecule has 0 radical (unpaired) electrons. The lowest BCUT2D eigenvalue weighted by Crippen LogP contribution is -2.32. The smallest absolute Gasteiger partial charge is 0.378 e. The third kappa shape index (κ3) is 3.29. The predicted octanol–water partition coefficient (Wildman–Crippen LogP) is 0.195. The van der Waals surface area contributed by atoms with Crippen LogP contribution >= 0.6 is 7.80 Å². The minimum absolute atomic E-state index is 0.0762. The average Bonchev–Trinajstić information content (AvgIpc) is 2.28. The van der Waals surface area contributed by atoms with Crippen LogP contribution in [0, 0.1) is 0 Å². The topological polar surface area (TPSA) is 75.4 Å². The van der Waals surface area contributed by atoms with Gasteiger partial charge in [0.15, 0.2) is 5.30 Å². The van der Waals surface area contributed by atoms with Gasteiger partial charge in [-0.3, -0.25) is 10.2 Å². The molecular formula is C10H15N3O2P+. The largest absolute Gasteiger partial charge is 0.386 e. The fraction of sp³-hybridized carbons (Fsp3) is 0.300. The fourth-order valence-electron chi connectivity index (χ4n) is 1.18. The van der Waals surface area contributed by atoms with E-state index in [1.54, 1.807) is 12.1 Å². The van der Waals surface area contributed by atoms with Crippen molar-refractivity contribution in [3.8, 4) is 0 Å². The van der Waals surface area contributed by atoms with E-state index in [1.807, 2.05) is 36.6 Å². The lowest BCUT2D eigenvalue weighted by molar-refractivity contribution is -0.118. The summed E-state index contributed by atoms with van der Waals surface area (Å²) in [4.78, 5) is 12.9. The highest BCUT2D eigenvalue weighted by molar-refractivity contribution is 7.54. The Bertz CT molecular complexity index is 390. The molecule has 0 saturated carbocycles. The van der Waals surface area contributed by atoms with Crippen LogP contribution in [0.25, 0.3) is 0 Å². The van der Waals surface area contributed by atoms with Crippen LogP contribution in [-0.4, -0.2) is 26.2 Å². The minimum atomic E-state index is -1.71. The van der Waals surface area contributed by atoms with E-state index in [4.69, 9.17) is 5.84 Å². The molecule has 16 heavy (non-hydrogen) atoms. The molecule has 1 aromatic rings. The van der Waals surface area contributed by atoms with Gasteiger partial charge in [0.1, 0.15) is 0 Å². The maximum atomic E-state index is 11.7. The summed E-state index contributed by atoms with van der Waals surface area (Å²) >= 11 is 0. The molecule has 1 rings (SSSR count). The van der Waals surface area contributed by atoms with Gasteiger partial charge in [0, 0.05) is 19.8 Å². The highest BCUT2D eigenvalue weighted by Crippen LogP contribution is 2.20. The van der Waals surface area contributed by atoms with Crippen molar-refractivity contribution in [3.63, 3.8) is 0 Å². The van der Waals surface area contributed by atoms with Gasteiger partial charge in [-0.1, -0.05) is 4.57 Å². The normalized spacial score (nSPS) is 10.8. The number of nitrogens with one attached hydrogen (secondary N) is 1. The number of anilines is 1. The zero-order valence-electron chi connectivity index (χ0n) is 9.30. The van der Waals surface area contributed by atoms with Crippen LogP contribution in [0.4, 0.5) is 5.69 Å². The van der Waals surface area contributed by atoms with E-state index in [2.05, 4.69) is 0 Å². The summed E-state index contributed by atoms with van der Waals surface area (Å²) in [7, 11) is 2.14. The van der Waals surface area contributed by atoms with Crippen molar-refractivity contribution in [2.75, 3.05) is 25.2 Å². The SMILES string of the molecule is CN(C)c1ccc([P+](=O)CC(=O)NN)cc1. The Hall–Kier alpha value is -1.45. The van der Waals surface area contributed by atoms with Crippen molar-refractivity contribution in [2.24, 2.45) is 5.84 Å². The lowest BCUT2D eigenvalue weighted by atomic mass is 10.3. The number of hydrogen-bond donors (Lipinski definition) is 2. The van der Waals surface area contributed by atoms with Crippen LogP contribution in [0.3, 0.4) is 0 Å². The number of amides is 1. The van der Waals surface area contributed by atoms with Crippen LogP contribution in [0.15, 0.2) is 24.3 Å². The molecule has 0 fully saturated rings. The molecule has 3 N–H and O–H groups in total. The summed E-state index contributed by atoms with van der Waals surface area (Å²) in [5.41, 5.74) is 2.99. The molecule has 0 heterocycles. The molecule has 0 spiro atoms. The van der Waals surface area contributed by atoms with Crippen molar-refractivity contribution in [2.45, 2.75) is 0 Å². The maximum Gasteiger partial charge on any atom is 0.386 e. The second-order valence-electron chi connectivity index (χ2n) is 3.51. The fourth-order valence-corrected chi connectivity index (χ4v) is 2.20. The van der Waals surface area contributed by atoms with Gasteiger partial charge in [-0.25, -0.2) is 5.84 Å². The molecule has 0 bridgehead atoms. The molecule has 86 valence electrons. The van der Waals surface area contributed by atoms with Crippen molar-refractivity contribution in [1.82, 2.24) is 5.43 Å². The first-order valence-corrected chi connectivity index (χ1v) is 6.20. The number of nitrogens with two attached hydrogens (primary N) is 1. The van der Waals surface area contributed by atoms with Crippen LogP contribution in [0.1, 0.15) is 0 Å². The van der Waals surface area contributed by atoms with Crippen LogP contribution in [-0.2, 0) is 9.36 Å². The quantitative estimate of drug-likeness (QED) is 0.341. The molecule has 0 saturated heterocycles. The average molecular weight is 240 g/mol. The third-order valence-electron chi connectivity index (χ3n) is 2.10. The molecule has 6 heteroatoms. The number of hydrazine groups is 1. The third-order valence-corrected chi connectivity index (χ3v) is 3.55. The second kappa shape index (κ2) is 5.58. The number of hydrogen-bond acceptors (Lipinski definition) is 4. The van der Waals surface area contributed by atoms with E-state index in [0.29, 0.717) is 5.30 Å². The van der Waals surface area contributed by atoms with Gasteiger partial charge in [-0.15, -0.1) is 0 Å². The Kier molecular flexibility index (Phi) is 4.40. The van der Waals surface area contributed by atoms with Crippen molar-refractivity contribution in [1.29, 1.82) is 0 Å². The van der Waals surface area contributed by atoms with Gasteiger partial charge in [0.05, 0.1) is 0 Å². The molecule has 1 atom stereocenters. The minimum Gasteiger partial charge on any atom is -0.378 e. The van der Waals surface area contributed by atoms with Crippen LogP contribution < -0.4 is 21.5 Å². The Labute approximate surface area is 95.4 Å². The molecule has 5 nitrogen and oxygen atoms in total. The molecule has 0 aliphatic heterocycles. The Balaban J connectivity index is 2.74. The monoisotopic (exact) mass is 240 g/mol. The molecule has 1 amide bonds. The molecule has 0 aromatic heterocycles. The summed E-state index contributed by atoms with van der Waals surface area (Å²) in [6.45, 7) is 0. The number of carbonyl (C=O) groups is 1. The molecule has 0 aliphatic rings. The molecule has 0 aliphatic carbocycles. The summed E-state index contributed by atoms with van der Waals surface area (Å²) < 4.78 is 11.7. The zero-order valence-corrected chi connectivity index (χ0v) is 10.2. The van der Waals surface area contributed by atoms with Gasteiger partial charge in [-0.2, -0.15) is 0 Å². The van der Waals surface area contributed by atoms with Gasteiger partial charge in [-0.05, 0) is 24.3 Å². The first-order valence-electron chi connectivity index (χ1n) is 4.76. The van der Waals surface area contributed by atoms with Gasteiger partial charge < -0.3 is 4.90 Å². The van der Waals surface area contributed by atoms with E-state index < -0.39 is 13.7 Å². The van der Waals surface area contributed by atoms with Crippen molar-refractivity contribution >= 4 is 24.7 Å². The second-order valence-corrected chi connectivity index (χ2v) is 5.10. The summed E-state index contributed by atoms with van der Waals surface area (Å²) in [6, 6.07) is 7.25. The summed E-state index contributed by atoms with van der Waals surface area (Å²) in [6.07, 6.45) is -0.0762. The Morgan fingerprint density at radius 3 is 2.38 bits per heavy atom. The van der Waals surface area contributed by atoms with Crippen LogP contribution in [0.2, 0.25) is 0 Å². The Morgan fingerprint density at radius 1 is 1.38 bits per heavy atom. The van der Waals surface area contributed by atoms with E-state index in [1.165, 1.54) is 0 Å². The standard InChI is InChI=1S/C10H14N3O2P/c1-13(2)8-3-5-9(6-4-8)16(15)7-10(14)12-11/h3-6H,7,11H2,1-2H3/p+1. The van der Waals surface area contributed by atoms with E-state index in [9.17, 15) is 9.36 Å². The van der Waals surface area contributed by atoms with Gasteiger partial charge in [0.2, 0.25) is 6.16 Å². The number of carbonyl (C=O) groups excluding carboxylic acids is 1. The number of nitrogens with zero attached hydrogens (tertiary/aromatic N) is 1. The van der Waals surface area contributed by atoms with Crippen LogP contribution in [0.5, 0.6) is 0 Å². The van der Waals surface area contributed by atoms with Crippen molar-refractivity contribution < 1.29 is 9.36 Å². The number of benzene rings is 1. The van der Waals surface area contributed by atoms with Gasteiger partial charge >= 0.3 is 7.80 Å². The first-order chi connectivity index (χ1) is 7.54. The first kappa shape index (κ1) is 12.6. The van der Waals surface area contributed by atoms with Gasteiger partial charge in [0.25, 0.3) is 5.91 Å². The van der Waals surface area contributed by atoms with E-state index in [0.717, 1.165) is 5.69 Å². The Morgan fingerprint density at radius 2 is 1.94 bits per heavy atom. The zero-order chi connectivity index (χ0) is 12.1. The maximum absolute atomic E-state index is 11.7. The summed E-state index contributed by atoms with van der Waals surface area (Å²) in [5.74, 6) is 4.51. The molecule has 1 unspecified atom stereocenters. The lowest BCUT2D eigenvalue weighted by Gasteiger charge is -2.10. The predicted molar refractivity (Wildman–Crippen MR) is 65.2 cm³/mol. The molecular weight excluding hydrogens is 225 g/mol. The molecule has 1 aromatic carbocycles. The highest BCUT2D eigenvalue weighted by atomic mass is 31.1. The van der Waals surface area contributed by atoms with E-state index >= 15 is 0 Å². The summed E-state index contributed by atoms with van der Waals surface area (Å²) in [5, 5.41) is 0.657. The highest BCUT2D eigenvalue weighted by Gasteiger charge is 2.23. The van der Waals surface area contributed by atoms with Crippen molar-refractivity contribution in [3.05, 3.63) is 24.3 Å². The van der Waals surface area contributed by atoms with E-state index in [-0.39, 0.29) is 6.16 Å².